The van der Waals surface area contributed by atoms with Crippen LogP contribution in [0.25, 0.3) is 0 Å². The monoisotopic (exact) mass is 703 g/mol. The predicted molar refractivity (Wildman–Crippen MR) is 207 cm³/mol. The Morgan fingerprint density at radius 2 is 1.79 bits per heavy atom. The Hall–Kier alpha value is -5.52. The van der Waals surface area contributed by atoms with Crippen LogP contribution in [0.5, 0.6) is 0 Å². The van der Waals surface area contributed by atoms with Gasteiger partial charge in [-0.05, 0) is 93.4 Å². The number of aliphatic imine (C=N–C) groups is 4. The van der Waals surface area contributed by atoms with Gasteiger partial charge in [0, 0.05) is 59.3 Å². The number of aliphatic hydroxyl groups excluding tert-OH is 1. The molecule has 0 aromatic rings. The van der Waals surface area contributed by atoms with Crippen LogP contribution in [-0.2, 0) is 9.59 Å². The maximum atomic E-state index is 13.4. The summed E-state index contributed by atoms with van der Waals surface area (Å²) in [6.45, 7) is 17.0. The highest BCUT2D eigenvalue weighted by molar-refractivity contribution is 6.21. The first-order valence-corrected chi connectivity index (χ1v) is 18.0. The van der Waals surface area contributed by atoms with Gasteiger partial charge >= 0.3 is 0 Å². The number of allylic oxidation sites excluding steroid dienone is 12. The minimum Gasteiger partial charge on any atom is -0.511 e. The van der Waals surface area contributed by atoms with Crippen LogP contribution in [0.1, 0.15) is 80.1 Å². The van der Waals surface area contributed by atoms with Gasteiger partial charge in [0.05, 0.1) is 34.2 Å². The standard InChI is InChI=1S/C40H49N9O3/c1-8-23-18(3)28-16-31-24(9-2)19(4)35(48-31)22(7)36-20(5)25(12-13-33(51)46-27(39(41)52)11-10-14-44-40(42)43)37(49-36)26-15-32(50)34-21(6)29(47-38(26)34)17-30(23)45-28/h9,16-17,20,25,27,49-50H,2,8,10-15H2,1,3-7H3,(H2,41,52)(H,46,51)(H4,42,43,44)/t20-,25-,27-/m0/s1. The zero-order valence-electron chi connectivity index (χ0n) is 30.9. The molecule has 9 N–H and O–H groups in total. The second kappa shape index (κ2) is 14.2. The lowest BCUT2D eigenvalue weighted by atomic mass is 9.85. The molecule has 8 bridgehead atoms. The van der Waals surface area contributed by atoms with Gasteiger partial charge in [-0.1, -0.05) is 26.5 Å². The topological polar surface area (TPSA) is 206 Å². The third-order valence-corrected chi connectivity index (χ3v) is 11.0. The number of fused-ring (bicyclic) bond motifs is 5. The Morgan fingerprint density at radius 3 is 2.46 bits per heavy atom. The van der Waals surface area contributed by atoms with E-state index in [0.717, 1.165) is 96.6 Å². The SMILES string of the molecule is C=CC1=C(C)C2=NC1=CC1=NC(=CC3=C(C)C4=C(O)CC(=C5NC(=C2C)[C@@H](C)[C@@H]5CCC(=O)N[C@@H](CCCN=C(N)N)C(N)=O)C4=N3)C(CC)=C1C. The summed E-state index contributed by atoms with van der Waals surface area (Å²) < 4.78 is 0. The fourth-order valence-corrected chi connectivity index (χ4v) is 8.15. The highest BCUT2D eigenvalue weighted by Crippen LogP contribution is 2.47. The van der Waals surface area contributed by atoms with Gasteiger partial charge in [-0.3, -0.25) is 14.6 Å². The number of nitrogens with two attached hydrogens (primary N) is 3. The summed E-state index contributed by atoms with van der Waals surface area (Å²) in [7, 11) is 0. The van der Waals surface area contributed by atoms with Crippen LogP contribution in [0.3, 0.4) is 0 Å². The van der Waals surface area contributed by atoms with E-state index in [1.165, 1.54) is 0 Å². The summed E-state index contributed by atoms with van der Waals surface area (Å²) in [5.74, 6) is -0.794. The van der Waals surface area contributed by atoms with E-state index in [9.17, 15) is 14.7 Å². The molecule has 3 atom stereocenters. The number of amides is 2. The van der Waals surface area contributed by atoms with Crippen molar-refractivity contribution in [2.24, 2.45) is 49.0 Å². The quantitative estimate of drug-likeness (QED) is 0.0987. The highest BCUT2D eigenvalue weighted by atomic mass is 16.3. The lowest BCUT2D eigenvalue weighted by molar-refractivity contribution is -0.127. The van der Waals surface area contributed by atoms with E-state index in [1.54, 1.807) is 0 Å². The fraction of sp³-hybridized carbons (Fsp3) is 0.400. The van der Waals surface area contributed by atoms with Crippen LogP contribution >= 0.6 is 0 Å². The summed E-state index contributed by atoms with van der Waals surface area (Å²) in [6.07, 6.45) is 8.49. The molecule has 272 valence electrons. The fourth-order valence-electron chi connectivity index (χ4n) is 8.15. The van der Waals surface area contributed by atoms with Crippen molar-refractivity contribution in [3.8, 4) is 0 Å². The molecule has 0 unspecified atom stereocenters. The van der Waals surface area contributed by atoms with Crippen molar-refractivity contribution < 1.29 is 14.7 Å². The molecule has 5 aliphatic heterocycles. The first-order valence-electron chi connectivity index (χ1n) is 18.0. The van der Waals surface area contributed by atoms with E-state index in [4.69, 9.17) is 32.2 Å². The number of rotatable bonds is 11. The zero-order chi connectivity index (χ0) is 37.6. The van der Waals surface area contributed by atoms with Gasteiger partial charge in [-0.2, -0.15) is 0 Å². The summed E-state index contributed by atoms with van der Waals surface area (Å²) in [5, 5.41) is 18.0. The lowest BCUT2D eigenvalue weighted by Gasteiger charge is -2.19. The van der Waals surface area contributed by atoms with E-state index in [1.807, 2.05) is 25.2 Å². The minimum absolute atomic E-state index is 0.0319. The Morgan fingerprint density at radius 1 is 1.04 bits per heavy atom. The molecule has 1 aliphatic carbocycles. The molecule has 1 fully saturated rings. The van der Waals surface area contributed by atoms with Crippen molar-refractivity contribution >= 4 is 34.9 Å². The van der Waals surface area contributed by atoms with E-state index in [0.29, 0.717) is 32.2 Å². The van der Waals surface area contributed by atoms with Crippen molar-refractivity contribution in [1.29, 1.82) is 0 Å². The Kier molecular flexibility index (Phi) is 9.94. The van der Waals surface area contributed by atoms with E-state index < -0.39 is 11.9 Å². The first kappa shape index (κ1) is 36.3. The van der Waals surface area contributed by atoms with Crippen LogP contribution in [0, 0.1) is 11.8 Å². The average Bonchev–Trinajstić information content (AvgIpc) is 3.86. The van der Waals surface area contributed by atoms with Gasteiger partial charge in [0.25, 0.3) is 0 Å². The third-order valence-electron chi connectivity index (χ3n) is 11.0. The largest absolute Gasteiger partial charge is 0.511 e. The number of nitrogens with zero attached hydrogens (tertiary/aromatic N) is 4. The second-order valence-corrected chi connectivity index (χ2v) is 14.1. The molecule has 52 heavy (non-hydrogen) atoms. The molecule has 1 saturated heterocycles. The number of hydrogen-bond donors (Lipinski definition) is 6. The minimum atomic E-state index is -0.838. The number of primary amides is 1. The van der Waals surface area contributed by atoms with Crippen molar-refractivity contribution in [3.63, 3.8) is 0 Å². The summed E-state index contributed by atoms with van der Waals surface area (Å²) in [5.41, 5.74) is 31.1. The van der Waals surface area contributed by atoms with Gasteiger partial charge in [0.15, 0.2) is 5.96 Å². The van der Waals surface area contributed by atoms with Gasteiger partial charge < -0.3 is 32.9 Å². The maximum Gasteiger partial charge on any atom is 0.240 e. The van der Waals surface area contributed by atoms with Crippen molar-refractivity contribution in [2.45, 2.75) is 86.1 Å². The molecule has 0 aromatic carbocycles. The molecule has 0 saturated carbocycles. The van der Waals surface area contributed by atoms with Gasteiger partial charge in [-0.15, -0.1) is 0 Å². The Balaban J connectivity index is 1.42. The third kappa shape index (κ3) is 6.42. The van der Waals surface area contributed by atoms with Crippen LogP contribution in [0.15, 0.2) is 124 Å². The molecule has 2 amide bonds. The number of carbonyl (C=O) groups is 2. The molecule has 12 nitrogen and oxygen atoms in total. The number of guanidine groups is 1. The molecule has 12 heteroatoms. The number of carbonyl (C=O) groups excluding carboxylic acids is 2. The van der Waals surface area contributed by atoms with E-state index in [2.05, 4.69) is 56.8 Å². The molecule has 6 rings (SSSR count). The zero-order valence-corrected chi connectivity index (χ0v) is 30.9. The second-order valence-electron chi connectivity index (χ2n) is 14.1. The summed E-state index contributed by atoms with van der Waals surface area (Å²) in [6, 6.07) is -0.838. The van der Waals surface area contributed by atoms with Crippen LogP contribution in [0.2, 0.25) is 0 Å². The molecule has 0 aromatic heterocycles. The molecule has 0 spiro atoms. The maximum absolute atomic E-state index is 13.4. The lowest BCUT2D eigenvalue weighted by Crippen LogP contribution is -2.44. The number of aliphatic hydroxyl groups is 1. The molecular weight excluding hydrogens is 654 g/mol. The molecule has 5 heterocycles. The van der Waals surface area contributed by atoms with Crippen LogP contribution in [0.4, 0.5) is 0 Å². The molecule has 6 aliphatic rings. The Bertz CT molecular complexity index is 2070. The van der Waals surface area contributed by atoms with Crippen molar-refractivity contribution in [1.82, 2.24) is 10.6 Å². The average molecular weight is 704 g/mol. The van der Waals surface area contributed by atoms with Gasteiger partial charge in [-0.25, -0.2) is 15.0 Å². The van der Waals surface area contributed by atoms with Crippen molar-refractivity contribution in [3.05, 3.63) is 104 Å². The van der Waals surface area contributed by atoms with E-state index >= 15 is 0 Å². The normalized spacial score (nSPS) is 22.8. The number of hydrogen-bond acceptors (Lipinski definition) is 8. The summed E-state index contributed by atoms with van der Waals surface area (Å²) >= 11 is 0. The Labute approximate surface area is 305 Å². The highest BCUT2D eigenvalue weighted by Gasteiger charge is 2.42. The predicted octanol–water partition coefficient (Wildman–Crippen LogP) is 5.04. The van der Waals surface area contributed by atoms with Gasteiger partial charge in [0.2, 0.25) is 11.8 Å². The summed E-state index contributed by atoms with van der Waals surface area (Å²) in [4.78, 5) is 44.9. The van der Waals surface area contributed by atoms with Crippen LogP contribution < -0.4 is 27.8 Å². The number of nitrogens with one attached hydrogen (secondary N) is 2. The smallest absolute Gasteiger partial charge is 0.240 e. The van der Waals surface area contributed by atoms with Gasteiger partial charge in [0.1, 0.15) is 11.8 Å². The first-order chi connectivity index (χ1) is 24.7. The van der Waals surface area contributed by atoms with Crippen LogP contribution in [-0.4, -0.2) is 52.6 Å². The molecule has 0 radical (unpaired) electrons. The van der Waals surface area contributed by atoms with E-state index in [-0.39, 0.29) is 35.9 Å². The van der Waals surface area contributed by atoms with Crippen molar-refractivity contribution in [2.75, 3.05) is 6.54 Å². The molecular formula is C40H49N9O3.